The van der Waals surface area contributed by atoms with Crippen molar-refractivity contribution in [3.63, 3.8) is 0 Å². The number of carbonyl (C=O) groups excluding carboxylic acids is 1. The summed E-state index contributed by atoms with van der Waals surface area (Å²) in [5.74, 6) is 0.941. The van der Waals surface area contributed by atoms with Crippen LogP contribution in [0.5, 0.6) is 0 Å². The van der Waals surface area contributed by atoms with Crippen molar-refractivity contribution < 1.29 is 4.79 Å². The zero-order valence-corrected chi connectivity index (χ0v) is 16.3. The number of aromatic nitrogens is 6. The van der Waals surface area contributed by atoms with Crippen LogP contribution in [0.15, 0.2) is 34.0 Å². The first kappa shape index (κ1) is 17.4. The average molecular weight is 406 g/mol. The Morgan fingerprint density at radius 3 is 2.77 bits per heavy atom. The van der Waals surface area contributed by atoms with Gasteiger partial charge in [-0.3, -0.25) is 19.7 Å². The lowest BCUT2D eigenvalue weighted by atomic mass is 10.2. The number of pyridine rings is 1. The molecule has 0 radical (unpaired) electrons. The van der Waals surface area contributed by atoms with Gasteiger partial charge in [-0.1, -0.05) is 34.9 Å². The summed E-state index contributed by atoms with van der Waals surface area (Å²) in [6, 6.07) is 4.25. The maximum atomic E-state index is 12.2. The van der Waals surface area contributed by atoms with Crippen molar-refractivity contribution in [2.24, 2.45) is 0 Å². The van der Waals surface area contributed by atoms with E-state index in [1.54, 1.807) is 12.4 Å². The van der Waals surface area contributed by atoms with Gasteiger partial charge < -0.3 is 0 Å². The number of thioether (sulfide) groups is 2. The molecule has 3 aromatic heterocycles. The quantitative estimate of drug-likeness (QED) is 0.473. The Balaban J connectivity index is 1.45. The van der Waals surface area contributed by atoms with Crippen molar-refractivity contribution in [2.45, 2.75) is 28.4 Å². The van der Waals surface area contributed by atoms with Crippen LogP contribution < -0.4 is 5.32 Å². The second-order valence-electron chi connectivity index (χ2n) is 5.56. The topological polar surface area (TPSA) is 98.5 Å². The Labute approximate surface area is 162 Å². The summed E-state index contributed by atoms with van der Waals surface area (Å²) in [5.41, 5.74) is 0.981. The van der Waals surface area contributed by atoms with E-state index in [0.717, 1.165) is 33.7 Å². The predicted molar refractivity (Wildman–Crippen MR) is 103 cm³/mol. The van der Waals surface area contributed by atoms with E-state index in [-0.39, 0.29) is 11.7 Å². The molecule has 0 spiro atoms. The van der Waals surface area contributed by atoms with Crippen molar-refractivity contribution in [3.8, 4) is 11.4 Å². The van der Waals surface area contributed by atoms with Crippen molar-refractivity contribution in [2.75, 3.05) is 17.3 Å². The molecule has 0 unspecified atom stereocenters. The van der Waals surface area contributed by atoms with Gasteiger partial charge >= 0.3 is 0 Å². The molecule has 3 aromatic rings. The Hall–Kier alpha value is -1.98. The van der Waals surface area contributed by atoms with E-state index in [9.17, 15) is 4.79 Å². The van der Waals surface area contributed by atoms with Gasteiger partial charge in [0, 0.05) is 24.0 Å². The largest absolute Gasteiger partial charge is 0.300 e. The highest BCUT2D eigenvalue weighted by atomic mass is 32.2. The molecule has 0 bridgehead atoms. The van der Waals surface area contributed by atoms with Gasteiger partial charge in [0.2, 0.25) is 11.0 Å². The van der Waals surface area contributed by atoms with E-state index >= 15 is 0 Å². The second kappa shape index (κ2) is 7.72. The van der Waals surface area contributed by atoms with Gasteiger partial charge in [0.15, 0.2) is 15.3 Å². The molecule has 0 saturated heterocycles. The highest BCUT2D eigenvalue weighted by Crippen LogP contribution is 2.41. The van der Waals surface area contributed by atoms with Crippen LogP contribution in [0.3, 0.4) is 0 Å². The molecule has 3 heterocycles. The molecule has 134 valence electrons. The Morgan fingerprint density at radius 2 is 2.08 bits per heavy atom. The number of anilines is 1. The molecule has 4 rings (SSSR count). The number of nitrogens with zero attached hydrogens (tertiary/aromatic N) is 6. The van der Waals surface area contributed by atoms with Crippen LogP contribution in [0.4, 0.5) is 5.13 Å². The lowest BCUT2D eigenvalue weighted by molar-refractivity contribution is -0.113. The van der Waals surface area contributed by atoms with Crippen LogP contribution >= 0.6 is 34.9 Å². The molecule has 1 N–H and O–H groups in total. The SMILES string of the molecule is CSc1nnc(NC(=O)CSc2nnc(-c3ccncc3)n2C2CC2)s1. The summed E-state index contributed by atoms with van der Waals surface area (Å²) in [4.78, 5) is 16.2. The maximum Gasteiger partial charge on any atom is 0.236 e. The third-order valence-electron chi connectivity index (χ3n) is 3.67. The summed E-state index contributed by atoms with van der Waals surface area (Å²) < 4.78 is 2.95. The number of nitrogens with one attached hydrogen (secondary N) is 1. The van der Waals surface area contributed by atoms with Crippen molar-refractivity contribution in [1.29, 1.82) is 0 Å². The lowest BCUT2D eigenvalue weighted by Crippen LogP contribution is -2.14. The van der Waals surface area contributed by atoms with Crippen LogP contribution in [0.1, 0.15) is 18.9 Å². The van der Waals surface area contributed by atoms with Crippen LogP contribution in [0, 0.1) is 0 Å². The predicted octanol–water partition coefficient (Wildman–Crippen LogP) is 2.98. The number of hydrogen-bond acceptors (Lipinski definition) is 9. The summed E-state index contributed by atoms with van der Waals surface area (Å²) >= 11 is 4.25. The fourth-order valence-electron chi connectivity index (χ4n) is 2.36. The molecule has 26 heavy (non-hydrogen) atoms. The number of hydrogen-bond donors (Lipinski definition) is 1. The Morgan fingerprint density at radius 1 is 1.27 bits per heavy atom. The fraction of sp³-hybridized carbons (Fsp3) is 0.333. The summed E-state index contributed by atoms with van der Waals surface area (Å²) in [5, 5.41) is 20.6. The molecule has 11 heteroatoms. The van der Waals surface area contributed by atoms with Crippen LogP contribution in [-0.2, 0) is 4.79 Å². The van der Waals surface area contributed by atoms with Gasteiger partial charge in [0.1, 0.15) is 0 Å². The van der Waals surface area contributed by atoms with Gasteiger partial charge in [0.05, 0.1) is 5.75 Å². The zero-order valence-electron chi connectivity index (χ0n) is 13.8. The standard InChI is InChI=1S/C15H15N7OS3/c1-24-15-21-19-13(26-15)17-11(23)8-25-14-20-18-12(22(14)10-2-3-10)9-4-6-16-7-5-9/h4-7,10H,2-3,8H2,1H3,(H,17,19,23). The second-order valence-corrected chi connectivity index (χ2v) is 8.53. The Kier molecular flexibility index (Phi) is 5.18. The average Bonchev–Trinajstić information content (AvgIpc) is 3.25. The fourth-order valence-corrected chi connectivity index (χ4v) is 4.36. The smallest absolute Gasteiger partial charge is 0.236 e. The molecule has 1 amide bonds. The third kappa shape index (κ3) is 3.89. The summed E-state index contributed by atoms with van der Waals surface area (Å²) in [6.45, 7) is 0. The molecule has 8 nitrogen and oxygen atoms in total. The molecule has 0 aromatic carbocycles. The van der Waals surface area contributed by atoms with Crippen molar-refractivity contribution in [1.82, 2.24) is 29.9 Å². The first-order valence-electron chi connectivity index (χ1n) is 7.90. The number of rotatable bonds is 7. The van der Waals surface area contributed by atoms with E-state index in [1.807, 2.05) is 18.4 Å². The minimum Gasteiger partial charge on any atom is -0.300 e. The van der Waals surface area contributed by atoms with Gasteiger partial charge in [-0.2, -0.15) is 0 Å². The minimum absolute atomic E-state index is 0.130. The van der Waals surface area contributed by atoms with Gasteiger partial charge in [0.25, 0.3) is 0 Å². The van der Waals surface area contributed by atoms with Crippen LogP contribution in [0.25, 0.3) is 11.4 Å². The van der Waals surface area contributed by atoms with Crippen LogP contribution in [0.2, 0.25) is 0 Å². The molecule has 1 aliphatic rings. The number of carbonyl (C=O) groups is 1. The molecule has 1 saturated carbocycles. The molecule has 1 aliphatic carbocycles. The monoisotopic (exact) mass is 405 g/mol. The van der Waals surface area contributed by atoms with E-state index in [1.165, 1.54) is 34.9 Å². The van der Waals surface area contributed by atoms with E-state index in [4.69, 9.17) is 0 Å². The first-order chi connectivity index (χ1) is 12.7. The zero-order chi connectivity index (χ0) is 17.9. The lowest BCUT2D eigenvalue weighted by Gasteiger charge is -2.08. The highest BCUT2D eigenvalue weighted by Gasteiger charge is 2.30. The van der Waals surface area contributed by atoms with Crippen molar-refractivity contribution in [3.05, 3.63) is 24.5 Å². The van der Waals surface area contributed by atoms with Gasteiger partial charge in [-0.15, -0.1) is 20.4 Å². The van der Waals surface area contributed by atoms with Crippen molar-refractivity contribution >= 4 is 45.9 Å². The van der Waals surface area contributed by atoms with Gasteiger partial charge in [-0.05, 0) is 31.2 Å². The van der Waals surface area contributed by atoms with E-state index in [2.05, 4.69) is 35.3 Å². The number of amides is 1. The maximum absolute atomic E-state index is 12.2. The van der Waals surface area contributed by atoms with Gasteiger partial charge in [-0.25, -0.2) is 0 Å². The molecule has 0 aliphatic heterocycles. The normalized spacial score (nSPS) is 13.7. The van der Waals surface area contributed by atoms with E-state index in [0.29, 0.717) is 11.2 Å². The highest BCUT2D eigenvalue weighted by molar-refractivity contribution is 8.00. The summed E-state index contributed by atoms with van der Waals surface area (Å²) in [7, 11) is 0. The molecule has 1 fully saturated rings. The first-order valence-corrected chi connectivity index (χ1v) is 10.9. The molecule has 0 atom stereocenters. The molecular weight excluding hydrogens is 390 g/mol. The molecular formula is C15H15N7OS3. The van der Waals surface area contributed by atoms with E-state index < -0.39 is 0 Å². The third-order valence-corrected chi connectivity index (χ3v) is 6.43. The Bertz CT molecular complexity index is 907. The van der Waals surface area contributed by atoms with Crippen LogP contribution in [-0.4, -0.2) is 47.9 Å². The minimum atomic E-state index is -0.130. The summed E-state index contributed by atoms with van der Waals surface area (Å²) in [6.07, 6.45) is 7.63.